The van der Waals surface area contributed by atoms with Crippen molar-refractivity contribution in [3.05, 3.63) is 58.7 Å². The molecule has 0 atom stereocenters. The minimum atomic E-state index is 0.185. The van der Waals surface area contributed by atoms with Crippen molar-refractivity contribution in [2.75, 3.05) is 39.3 Å². The predicted octanol–water partition coefficient (Wildman–Crippen LogP) is 5.32. The van der Waals surface area contributed by atoms with E-state index >= 15 is 0 Å². The molecule has 6 heteroatoms. The minimum Gasteiger partial charge on any atom is -0.506 e. The SMILES string of the molecule is CCCN1CCC(c2cccc(C#N)c2O)CC1.CCN1CCC(c2cccc(C#N)c2O)CC1. The summed E-state index contributed by atoms with van der Waals surface area (Å²) in [6, 6.07) is 15.0. The fourth-order valence-corrected chi connectivity index (χ4v) is 5.31. The van der Waals surface area contributed by atoms with Crippen LogP contribution in [-0.4, -0.2) is 59.3 Å². The Kier molecular flexibility index (Phi) is 9.97. The highest BCUT2D eigenvalue weighted by Crippen LogP contribution is 2.36. The number of aromatic hydroxyl groups is 2. The number of hydrogen-bond donors (Lipinski definition) is 2. The molecule has 186 valence electrons. The molecule has 0 radical (unpaired) electrons. The number of hydrogen-bond acceptors (Lipinski definition) is 6. The Morgan fingerprint density at radius 3 is 1.54 bits per heavy atom. The third-order valence-corrected chi connectivity index (χ3v) is 7.42. The molecule has 2 aliphatic rings. The van der Waals surface area contributed by atoms with Gasteiger partial charge in [0.2, 0.25) is 0 Å². The van der Waals surface area contributed by atoms with E-state index in [9.17, 15) is 10.2 Å². The molecule has 2 aliphatic heterocycles. The van der Waals surface area contributed by atoms with E-state index in [1.54, 1.807) is 12.1 Å². The summed E-state index contributed by atoms with van der Waals surface area (Å²) in [5.41, 5.74) is 2.67. The van der Waals surface area contributed by atoms with Gasteiger partial charge in [0.05, 0.1) is 11.1 Å². The van der Waals surface area contributed by atoms with Gasteiger partial charge in [0.15, 0.2) is 0 Å². The van der Waals surface area contributed by atoms with Crippen molar-refractivity contribution in [1.82, 2.24) is 9.80 Å². The highest BCUT2D eigenvalue weighted by atomic mass is 16.3. The predicted molar refractivity (Wildman–Crippen MR) is 138 cm³/mol. The van der Waals surface area contributed by atoms with E-state index in [-0.39, 0.29) is 11.5 Å². The van der Waals surface area contributed by atoms with Crippen molar-refractivity contribution in [2.45, 2.75) is 57.8 Å². The molecule has 0 unspecified atom stereocenters. The van der Waals surface area contributed by atoms with Crippen molar-refractivity contribution in [1.29, 1.82) is 10.5 Å². The van der Waals surface area contributed by atoms with Crippen LogP contribution in [-0.2, 0) is 0 Å². The maximum Gasteiger partial charge on any atom is 0.136 e. The molecule has 0 saturated carbocycles. The van der Waals surface area contributed by atoms with Crippen LogP contribution in [0.5, 0.6) is 11.5 Å². The highest BCUT2D eigenvalue weighted by molar-refractivity contribution is 5.49. The fraction of sp³-hybridized carbons (Fsp3) is 0.517. The summed E-state index contributed by atoms with van der Waals surface area (Å²) in [6.45, 7) is 11.0. The lowest BCUT2D eigenvalue weighted by atomic mass is 9.88. The lowest BCUT2D eigenvalue weighted by Gasteiger charge is -2.32. The Bertz CT molecular complexity index is 1040. The fourth-order valence-electron chi connectivity index (χ4n) is 5.31. The summed E-state index contributed by atoms with van der Waals surface area (Å²) in [6.07, 6.45) is 5.47. The van der Waals surface area contributed by atoms with Crippen LogP contribution < -0.4 is 0 Å². The molecule has 0 spiro atoms. The lowest BCUT2D eigenvalue weighted by Crippen LogP contribution is -2.33. The smallest absolute Gasteiger partial charge is 0.136 e. The first-order chi connectivity index (χ1) is 17.0. The maximum atomic E-state index is 10.1. The number of piperidine rings is 2. The van der Waals surface area contributed by atoms with Crippen LogP contribution in [0.3, 0.4) is 0 Å². The Morgan fingerprint density at radius 2 is 1.17 bits per heavy atom. The second-order valence-corrected chi connectivity index (χ2v) is 9.53. The molecule has 0 aromatic heterocycles. The Labute approximate surface area is 210 Å². The summed E-state index contributed by atoms with van der Waals surface area (Å²) < 4.78 is 0. The number of benzene rings is 2. The van der Waals surface area contributed by atoms with Gasteiger partial charge < -0.3 is 20.0 Å². The van der Waals surface area contributed by atoms with Crippen molar-refractivity contribution < 1.29 is 10.2 Å². The van der Waals surface area contributed by atoms with Gasteiger partial charge in [0.25, 0.3) is 0 Å². The summed E-state index contributed by atoms with van der Waals surface area (Å²) in [4.78, 5) is 4.89. The molecule has 6 nitrogen and oxygen atoms in total. The topological polar surface area (TPSA) is 94.5 Å². The van der Waals surface area contributed by atoms with Gasteiger partial charge in [0, 0.05) is 0 Å². The molecule has 2 heterocycles. The lowest BCUT2D eigenvalue weighted by molar-refractivity contribution is 0.211. The number of likely N-dealkylation sites (tertiary alicyclic amines) is 2. The van der Waals surface area contributed by atoms with Gasteiger partial charge >= 0.3 is 0 Å². The molecule has 2 saturated heterocycles. The molecule has 35 heavy (non-hydrogen) atoms. The molecule has 0 amide bonds. The van der Waals surface area contributed by atoms with Crippen molar-refractivity contribution >= 4 is 0 Å². The second kappa shape index (κ2) is 13.1. The van der Waals surface area contributed by atoms with Crippen LogP contribution in [0.2, 0.25) is 0 Å². The van der Waals surface area contributed by atoms with Gasteiger partial charge in [-0.3, -0.25) is 0 Å². The quantitative estimate of drug-likeness (QED) is 0.609. The first-order valence-electron chi connectivity index (χ1n) is 12.9. The zero-order chi connectivity index (χ0) is 25.2. The van der Waals surface area contributed by atoms with Crippen LogP contribution in [0.15, 0.2) is 36.4 Å². The molecule has 2 aromatic rings. The number of para-hydroxylation sites is 2. The average molecular weight is 475 g/mol. The average Bonchev–Trinajstić information content (AvgIpc) is 2.90. The van der Waals surface area contributed by atoms with Crippen molar-refractivity contribution in [2.24, 2.45) is 0 Å². The second-order valence-electron chi connectivity index (χ2n) is 9.53. The minimum absolute atomic E-state index is 0.185. The summed E-state index contributed by atoms with van der Waals surface area (Å²) in [5, 5.41) is 37.9. The molecule has 0 bridgehead atoms. The maximum absolute atomic E-state index is 10.1. The van der Waals surface area contributed by atoms with Crippen LogP contribution in [0.4, 0.5) is 0 Å². The summed E-state index contributed by atoms with van der Waals surface area (Å²) in [7, 11) is 0. The zero-order valence-electron chi connectivity index (χ0n) is 21.1. The highest BCUT2D eigenvalue weighted by Gasteiger charge is 2.24. The van der Waals surface area contributed by atoms with Crippen LogP contribution >= 0.6 is 0 Å². The van der Waals surface area contributed by atoms with Gasteiger partial charge in [-0.05, 0) is 106 Å². The standard InChI is InChI=1S/C15H20N2O.C14H18N2O/c1-2-8-17-9-6-12(7-10-17)14-5-3-4-13(11-16)15(14)18;1-2-16-8-6-11(7-9-16)13-5-3-4-12(10-15)14(13)17/h3-5,12,18H,2,6-10H2,1H3;3-5,11,17H,2,6-9H2,1H3. The monoisotopic (exact) mass is 474 g/mol. The molecular formula is C29H38N4O2. The van der Waals surface area contributed by atoms with E-state index in [1.807, 2.05) is 36.4 Å². The Balaban J connectivity index is 0.000000196. The Hall–Kier alpha value is -3.06. The van der Waals surface area contributed by atoms with E-state index in [1.165, 1.54) is 6.42 Å². The Morgan fingerprint density at radius 1 is 0.743 bits per heavy atom. The first kappa shape index (κ1) is 26.5. The van der Waals surface area contributed by atoms with Gasteiger partial charge in [-0.15, -0.1) is 0 Å². The molecule has 2 aromatic carbocycles. The van der Waals surface area contributed by atoms with Crippen molar-refractivity contribution in [3.8, 4) is 23.6 Å². The number of phenols is 2. The number of nitriles is 2. The van der Waals surface area contributed by atoms with Gasteiger partial charge in [-0.2, -0.15) is 10.5 Å². The van der Waals surface area contributed by atoms with Crippen LogP contribution in [0.25, 0.3) is 0 Å². The van der Waals surface area contributed by atoms with Gasteiger partial charge in [-0.25, -0.2) is 0 Å². The number of rotatable bonds is 5. The van der Waals surface area contributed by atoms with E-state index in [2.05, 4.69) is 23.6 Å². The van der Waals surface area contributed by atoms with Gasteiger partial charge in [0.1, 0.15) is 23.6 Å². The molecular weight excluding hydrogens is 436 g/mol. The van der Waals surface area contributed by atoms with Crippen LogP contribution in [0.1, 0.15) is 80.0 Å². The van der Waals surface area contributed by atoms with Crippen LogP contribution in [0, 0.1) is 22.7 Å². The largest absolute Gasteiger partial charge is 0.506 e. The van der Waals surface area contributed by atoms with E-state index < -0.39 is 0 Å². The number of nitrogens with zero attached hydrogens (tertiary/aromatic N) is 4. The van der Waals surface area contributed by atoms with Crippen molar-refractivity contribution in [3.63, 3.8) is 0 Å². The number of phenolic OH excluding ortho intramolecular Hbond substituents is 2. The third-order valence-electron chi connectivity index (χ3n) is 7.42. The van der Waals surface area contributed by atoms with E-state index in [4.69, 9.17) is 10.5 Å². The molecule has 2 N–H and O–H groups in total. The molecule has 0 aliphatic carbocycles. The van der Waals surface area contributed by atoms with E-state index in [0.29, 0.717) is 23.0 Å². The first-order valence-corrected chi connectivity index (χ1v) is 12.9. The summed E-state index contributed by atoms with van der Waals surface area (Å²) in [5.74, 6) is 1.16. The normalized spacial score (nSPS) is 17.7. The molecule has 2 fully saturated rings. The van der Waals surface area contributed by atoms with Gasteiger partial charge in [-0.1, -0.05) is 38.1 Å². The van der Waals surface area contributed by atoms with E-state index in [0.717, 1.165) is 76.1 Å². The zero-order valence-corrected chi connectivity index (χ0v) is 21.1. The molecule has 4 rings (SSSR count). The third kappa shape index (κ3) is 6.75. The summed E-state index contributed by atoms with van der Waals surface area (Å²) >= 11 is 0.